The van der Waals surface area contributed by atoms with Crippen LogP contribution in [-0.2, 0) is 16.1 Å². The summed E-state index contributed by atoms with van der Waals surface area (Å²) in [5.41, 5.74) is 1.07. The van der Waals surface area contributed by atoms with Gasteiger partial charge in [-0.05, 0) is 36.8 Å². The largest absolute Gasteiger partial charge is 0.462 e. The Kier molecular flexibility index (Phi) is 7.08. The topological polar surface area (TPSA) is 91.2 Å². The van der Waals surface area contributed by atoms with Crippen molar-refractivity contribution >= 4 is 17.6 Å². The summed E-state index contributed by atoms with van der Waals surface area (Å²) in [5, 5.41) is 14.6. The van der Waals surface area contributed by atoms with Crippen molar-refractivity contribution in [3.8, 4) is 6.07 Å². The molecular weight excluding hydrogens is 349 g/mol. The van der Waals surface area contributed by atoms with Crippen LogP contribution < -0.4 is 10.6 Å². The van der Waals surface area contributed by atoms with Crippen molar-refractivity contribution < 1.29 is 18.7 Å². The fourth-order valence-corrected chi connectivity index (χ4v) is 2.19. The lowest BCUT2D eigenvalue weighted by Gasteiger charge is -2.10. The van der Waals surface area contributed by atoms with E-state index in [-0.39, 0.29) is 29.2 Å². The number of halogens is 1. The van der Waals surface area contributed by atoms with Gasteiger partial charge in [0.2, 0.25) is 0 Å². The van der Waals surface area contributed by atoms with Gasteiger partial charge in [-0.1, -0.05) is 24.3 Å². The molecule has 1 amide bonds. The Morgan fingerprint density at radius 2 is 1.89 bits per heavy atom. The van der Waals surface area contributed by atoms with Gasteiger partial charge in [-0.15, -0.1) is 0 Å². The number of carbonyl (C=O) groups is 2. The minimum atomic E-state index is -0.666. The molecule has 0 heterocycles. The lowest BCUT2D eigenvalue weighted by molar-refractivity contribution is -0.112. The van der Waals surface area contributed by atoms with Gasteiger partial charge in [0.1, 0.15) is 17.5 Å². The first kappa shape index (κ1) is 19.7. The molecule has 0 aliphatic heterocycles. The van der Waals surface area contributed by atoms with Crippen molar-refractivity contribution in [3.63, 3.8) is 0 Å². The molecular formula is C20H18FN3O3. The minimum absolute atomic E-state index is 0.171. The van der Waals surface area contributed by atoms with E-state index in [4.69, 9.17) is 4.74 Å². The Balaban J connectivity index is 2.06. The van der Waals surface area contributed by atoms with Crippen LogP contribution in [0.2, 0.25) is 0 Å². The molecule has 0 aromatic heterocycles. The lowest BCUT2D eigenvalue weighted by atomic mass is 10.1. The van der Waals surface area contributed by atoms with E-state index in [2.05, 4.69) is 10.6 Å². The number of hydrogen-bond donors (Lipinski definition) is 2. The van der Waals surface area contributed by atoms with Gasteiger partial charge in [0.15, 0.2) is 0 Å². The highest BCUT2D eigenvalue weighted by atomic mass is 19.1. The summed E-state index contributed by atoms with van der Waals surface area (Å²) in [6.45, 7) is 2.21. The zero-order valence-electron chi connectivity index (χ0n) is 14.7. The molecule has 2 aromatic carbocycles. The smallest absolute Gasteiger partial charge is 0.340 e. The van der Waals surface area contributed by atoms with Crippen molar-refractivity contribution in [2.75, 3.05) is 11.9 Å². The molecule has 0 radical (unpaired) electrons. The Morgan fingerprint density at radius 1 is 1.19 bits per heavy atom. The predicted octanol–water partition coefficient (Wildman–Crippen LogP) is 3.14. The van der Waals surface area contributed by atoms with Gasteiger partial charge in [-0.2, -0.15) is 5.26 Å². The monoisotopic (exact) mass is 367 g/mol. The summed E-state index contributed by atoms with van der Waals surface area (Å²) >= 11 is 0. The average Bonchev–Trinajstić information content (AvgIpc) is 2.67. The number of nitrogens with one attached hydrogen (secondary N) is 2. The highest BCUT2D eigenvalue weighted by Crippen LogP contribution is 2.17. The number of esters is 1. The van der Waals surface area contributed by atoms with E-state index >= 15 is 0 Å². The maximum atomic E-state index is 12.9. The van der Waals surface area contributed by atoms with Gasteiger partial charge >= 0.3 is 5.97 Å². The normalized spacial score (nSPS) is 10.6. The molecule has 0 aliphatic carbocycles. The van der Waals surface area contributed by atoms with E-state index in [9.17, 15) is 19.2 Å². The molecule has 0 saturated carbocycles. The molecule has 7 heteroatoms. The third kappa shape index (κ3) is 5.68. The van der Waals surface area contributed by atoms with E-state index in [0.717, 1.165) is 5.56 Å². The molecule has 0 aliphatic rings. The minimum Gasteiger partial charge on any atom is -0.462 e. The number of anilines is 1. The molecule has 0 spiro atoms. The van der Waals surface area contributed by atoms with E-state index in [1.54, 1.807) is 43.3 Å². The number of amides is 1. The zero-order valence-corrected chi connectivity index (χ0v) is 14.7. The second-order valence-corrected chi connectivity index (χ2v) is 5.40. The summed E-state index contributed by atoms with van der Waals surface area (Å²) in [6, 6.07) is 14.0. The summed E-state index contributed by atoms with van der Waals surface area (Å²) in [7, 11) is 0. The van der Waals surface area contributed by atoms with Gasteiger partial charge < -0.3 is 15.4 Å². The van der Waals surface area contributed by atoms with Crippen molar-refractivity contribution in [3.05, 3.63) is 77.2 Å². The number of nitrogens with zero attached hydrogens (tertiary/aromatic N) is 1. The predicted molar refractivity (Wildman–Crippen MR) is 98.0 cm³/mol. The first-order valence-corrected chi connectivity index (χ1v) is 8.20. The lowest BCUT2D eigenvalue weighted by Crippen LogP contribution is -2.19. The number of para-hydroxylation sites is 1. The first-order chi connectivity index (χ1) is 13.0. The maximum absolute atomic E-state index is 12.9. The quantitative estimate of drug-likeness (QED) is 0.446. The fourth-order valence-electron chi connectivity index (χ4n) is 2.19. The van der Waals surface area contributed by atoms with Crippen LogP contribution in [0, 0.1) is 17.1 Å². The third-order valence-electron chi connectivity index (χ3n) is 3.50. The van der Waals surface area contributed by atoms with Crippen molar-refractivity contribution in [1.82, 2.24) is 5.32 Å². The molecule has 0 atom stereocenters. The van der Waals surface area contributed by atoms with E-state index in [0.29, 0.717) is 6.54 Å². The molecule has 2 N–H and O–H groups in total. The van der Waals surface area contributed by atoms with Crippen LogP contribution in [0.25, 0.3) is 0 Å². The van der Waals surface area contributed by atoms with Gasteiger partial charge in [0.05, 0.1) is 17.9 Å². The summed E-state index contributed by atoms with van der Waals surface area (Å²) < 4.78 is 17.8. The number of nitriles is 1. The number of rotatable bonds is 7. The molecule has 0 bridgehead atoms. The standard InChI is InChI=1S/C20H18FN3O3/c1-2-27-20(26)17-5-3-4-6-18(17)24-19(25)15(11-22)13-23-12-14-7-9-16(21)10-8-14/h3-10,13,23H,2,12H2,1H3,(H,24,25)/b15-13-. The maximum Gasteiger partial charge on any atom is 0.340 e. The van der Waals surface area contributed by atoms with Gasteiger partial charge in [0, 0.05) is 12.7 Å². The van der Waals surface area contributed by atoms with Crippen LogP contribution in [0.1, 0.15) is 22.8 Å². The second kappa shape index (κ2) is 9.73. The van der Waals surface area contributed by atoms with Gasteiger partial charge in [-0.3, -0.25) is 4.79 Å². The number of carbonyl (C=O) groups excluding carboxylic acids is 2. The Morgan fingerprint density at radius 3 is 2.56 bits per heavy atom. The Hall–Kier alpha value is -3.66. The third-order valence-corrected chi connectivity index (χ3v) is 3.50. The van der Waals surface area contributed by atoms with E-state index in [1.807, 2.05) is 0 Å². The molecule has 2 rings (SSSR count). The summed E-state index contributed by atoms with van der Waals surface area (Å²) in [5.74, 6) is -1.57. The molecule has 2 aromatic rings. The molecule has 6 nitrogen and oxygen atoms in total. The van der Waals surface area contributed by atoms with Crippen LogP contribution >= 0.6 is 0 Å². The number of hydrogen-bond acceptors (Lipinski definition) is 5. The second-order valence-electron chi connectivity index (χ2n) is 5.40. The van der Waals surface area contributed by atoms with Crippen molar-refractivity contribution in [2.45, 2.75) is 13.5 Å². The highest BCUT2D eigenvalue weighted by molar-refractivity contribution is 6.09. The van der Waals surface area contributed by atoms with Crippen LogP contribution in [0.4, 0.5) is 10.1 Å². The van der Waals surface area contributed by atoms with Gasteiger partial charge in [0.25, 0.3) is 5.91 Å². The summed E-state index contributed by atoms with van der Waals surface area (Å²) in [4.78, 5) is 24.3. The summed E-state index contributed by atoms with van der Waals surface area (Å²) in [6.07, 6.45) is 1.27. The molecule has 27 heavy (non-hydrogen) atoms. The van der Waals surface area contributed by atoms with Crippen LogP contribution in [0.3, 0.4) is 0 Å². The Labute approximate surface area is 156 Å². The zero-order chi connectivity index (χ0) is 19.6. The molecule has 138 valence electrons. The van der Waals surface area contributed by atoms with Crippen LogP contribution in [0.15, 0.2) is 60.3 Å². The first-order valence-electron chi connectivity index (χ1n) is 8.20. The highest BCUT2D eigenvalue weighted by Gasteiger charge is 2.16. The van der Waals surface area contributed by atoms with Crippen molar-refractivity contribution in [2.24, 2.45) is 0 Å². The molecule has 0 saturated heterocycles. The van der Waals surface area contributed by atoms with Gasteiger partial charge in [-0.25, -0.2) is 9.18 Å². The van der Waals surface area contributed by atoms with E-state index < -0.39 is 11.9 Å². The molecule has 0 fully saturated rings. The van der Waals surface area contributed by atoms with Crippen LogP contribution in [0.5, 0.6) is 0 Å². The van der Waals surface area contributed by atoms with E-state index in [1.165, 1.54) is 24.4 Å². The average molecular weight is 367 g/mol. The Bertz CT molecular complexity index is 886. The molecule has 0 unspecified atom stereocenters. The number of benzene rings is 2. The van der Waals surface area contributed by atoms with Crippen molar-refractivity contribution in [1.29, 1.82) is 5.26 Å². The van der Waals surface area contributed by atoms with Crippen LogP contribution in [-0.4, -0.2) is 18.5 Å². The fraction of sp³-hybridized carbons (Fsp3) is 0.150. The number of ether oxygens (including phenoxy) is 1. The SMILES string of the molecule is CCOC(=O)c1ccccc1NC(=O)/C(C#N)=C\NCc1ccc(F)cc1.